The zero-order valence-electron chi connectivity index (χ0n) is 13.4. The van der Waals surface area contributed by atoms with Crippen LogP contribution in [0.15, 0.2) is 42.5 Å². The van der Waals surface area contributed by atoms with Crippen LogP contribution in [0.4, 0.5) is 5.69 Å². The minimum atomic E-state index is 0.149. The van der Waals surface area contributed by atoms with Gasteiger partial charge in [0.25, 0.3) is 0 Å². The number of aromatic amines is 1. The van der Waals surface area contributed by atoms with Gasteiger partial charge in [0.05, 0.1) is 5.56 Å². The number of hydrogen-bond donors (Lipinski definition) is 2. The number of rotatable bonds is 1. The van der Waals surface area contributed by atoms with E-state index < -0.39 is 0 Å². The van der Waals surface area contributed by atoms with Crippen molar-refractivity contribution in [3.63, 3.8) is 0 Å². The van der Waals surface area contributed by atoms with Crippen molar-refractivity contribution in [3.8, 4) is 0 Å². The fourth-order valence-electron chi connectivity index (χ4n) is 3.98. The molecular formula is C20H19N3O. The van der Waals surface area contributed by atoms with Crippen molar-refractivity contribution >= 4 is 22.4 Å². The molecule has 24 heavy (non-hydrogen) atoms. The van der Waals surface area contributed by atoms with Gasteiger partial charge in [-0.25, -0.2) is 0 Å². The molecule has 2 heterocycles. The first-order chi connectivity index (χ1) is 11.8. The molecule has 1 aromatic heterocycles. The summed E-state index contributed by atoms with van der Waals surface area (Å²) in [4.78, 5) is 18.9. The Morgan fingerprint density at radius 1 is 1.00 bits per heavy atom. The number of nitrogens with zero attached hydrogens (tertiary/aromatic N) is 1. The van der Waals surface area contributed by atoms with Crippen LogP contribution in [-0.2, 0) is 6.42 Å². The van der Waals surface area contributed by atoms with E-state index in [4.69, 9.17) is 0 Å². The molecule has 0 atom stereocenters. The molecule has 1 aliphatic heterocycles. The molecular weight excluding hydrogens is 298 g/mol. The van der Waals surface area contributed by atoms with Crippen LogP contribution in [0.25, 0.3) is 10.9 Å². The van der Waals surface area contributed by atoms with E-state index >= 15 is 0 Å². The van der Waals surface area contributed by atoms with Gasteiger partial charge in [-0.15, -0.1) is 0 Å². The van der Waals surface area contributed by atoms with Gasteiger partial charge in [0.1, 0.15) is 0 Å². The fraction of sp³-hybridized carbons (Fsp3) is 0.250. The third-order valence-corrected chi connectivity index (χ3v) is 5.19. The first-order valence-electron chi connectivity index (χ1n) is 8.54. The highest BCUT2D eigenvalue weighted by Gasteiger charge is 2.27. The summed E-state index contributed by atoms with van der Waals surface area (Å²) < 4.78 is 0. The summed E-state index contributed by atoms with van der Waals surface area (Å²) in [6.45, 7) is 4.07. The van der Waals surface area contributed by atoms with Crippen LogP contribution in [0, 0.1) is 0 Å². The van der Waals surface area contributed by atoms with Crippen molar-refractivity contribution in [2.24, 2.45) is 0 Å². The Labute approximate surface area is 140 Å². The van der Waals surface area contributed by atoms with Crippen LogP contribution < -0.4 is 10.2 Å². The van der Waals surface area contributed by atoms with Crippen molar-refractivity contribution in [1.29, 1.82) is 0 Å². The molecule has 0 saturated carbocycles. The Kier molecular flexibility index (Phi) is 3.00. The molecule has 4 heteroatoms. The number of benzene rings is 2. The first kappa shape index (κ1) is 13.8. The number of fused-ring (bicyclic) bond motifs is 4. The molecule has 3 aromatic rings. The van der Waals surface area contributed by atoms with E-state index in [1.54, 1.807) is 0 Å². The van der Waals surface area contributed by atoms with Gasteiger partial charge in [-0.05, 0) is 29.8 Å². The highest BCUT2D eigenvalue weighted by atomic mass is 16.1. The number of H-pyrrole nitrogens is 1. The number of carbonyl (C=O) groups is 1. The monoisotopic (exact) mass is 317 g/mol. The van der Waals surface area contributed by atoms with Crippen molar-refractivity contribution in [2.45, 2.75) is 6.42 Å². The van der Waals surface area contributed by atoms with Crippen LogP contribution in [0.5, 0.6) is 0 Å². The van der Waals surface area contributed by atoms with E-state index in [1.165, 1.54) is 5.69 Å². The third kappa shape index (κ3) is 2.00. The summed E-state index contributed by atoms with van der Waals surface area (Å²) in [5, 5.41) is 4.42. The number of nitrogens with one attached hydrogen (secondary N) is 2. The van der Waals surface area contributed by atoms with Crippen molar-refractivity contribution in [2.75, 3.05) is 31.1 Å². The lowest BCUT2D eigenvalue weighted by molar-refractivity contribution is 0.103. The summed E-state index contributed by atoms with van der Waals surface area (Å²) in [6.07, 6.45) is 0.797. The van der Waals surface area contributed by atoms with Crippen LogP contribution >= 0.6 is 0 Å². The van der Waals surface area contributed by atoms with Crippen LogP contribution in [0.1, 0.15) is 27.2 Å². The van der Waals surface area contributed by atoms with Crippen LogP contribution in [-0.4, -0.2) is 36.9 Å². The molecule has 0 unspecified atom stereocenters. The number of carbonyl (C=O) groups excluding carboxylic acids is 1. The van der Waals surface area contributed by atoms with Gasteiger partial charge < -0.3 is 15.2 Å². The topological polar surface area (TPSA) is 48.1 Å². The minimum absolute atomic E-state index is 0.149. The molecule has 0 bridgehead atoms. The van der Waals surface area contributed by atoms with E-state index in [0.29, 0.717) is 0 Å². The molecule has 1 aliphatic carbocycles. The molecule has 0 radical (unpaired) electrons. The predicted octanol–water partition coefficient (Wildman–Crippen LogP) is 2.71. The van der Waals surface area contributed by atoms with Gasteiger partial charge >= 0.3 is 0 Å². The van der Waals surface area contributed by atoms with Crippen molar-refractivity contribution in [1.82, 2.24) is 10.3 Å². The third-order valence-electron chi connectivity index (χ3n) is 5.19. The number of piperazine rings is 1. The van der Waals surface area contributed by atoms with Crippen LogP contribution in [0.2, 0.25) is 0 Å². The lowest BCUT2D eigenvalue weighted by atomic mass is 9.87. The Morgan fingerprint density at radius 3 is 2.71 bits per heavy atom. The largest absolute Gasteiger partial charge is 0.369 e. The van der Waals surface area contributed by atoms with E-state index in [9.17, 15) is 4.79 Å². The second kappa shape index (κ2) is 5.21. The van der Waals surface area contributed by atoms with Gasteiger partial charge in [-0.3, -0.25) is 4.79 Å². The summed E-state index contributed by atoms with van der Waals surface area (Å²) in [7, 11) is 0. The number of anilines is 1. The lowest BCUT2D eigenvalue weighted by Gasteiger charge is -2.30. The summed E-state index contributed by atoms with van der Waals surface area (Å²) in [5.41, 5.74) is 6.16. The molecule has 1 saturated heterocycles. The molecule has 5 rings (SSSR count). The zero-order valence-corrected chi connectivity index (χ0v) is 13.4. The van der Waals surface area contributed by atoms with Gasteiger partial charge in [0.2, 0.25) is 0 Å². The van der Waals surface area contributed by atoms with E-state index in [2.05, 4.69) is 27.3 Å². The molecule has 120 valence electrons. The molecule has 2 aromatic carbocycles. The second-order valence-corrected chi connectivity index (χ2v) is 6.61. The smallest absolute Gasteiger partial charge is 0.195 e. The molecule has 2 N–H and O–H groups in total. The first-order valence-corrected chi connectivity index (χ1v) is 8.54. The highest BCUT2D eigenvalue weighted by molar-refractivity contribution is 6.19. The maximum atomic E-state index is 13.0. The molecule has 1 fully saturated rings. The van der Waals surface area contributed by atoms with E-state index in [1.807, 2.05) is 30.3 Å². The summed E-state index contributed by atoms with van der Waals surface area (Å²) >= 11 is 0. The highest BCUT2D eigenvalue weighted by Crippen LogP contribution is 2.34. The predicted molar refractivity (Wildman–Crippen MR) is 96.1 cm³/mol. The average molecular weight is 317 g/mol. The van der Waals surface area contributed by atoms with Crippen LogP contribution in [0.3, 0.4) is 0 Å². The number of aromatic nitrogens is 1. The normalized spacial score (nSPS) is 17.0. The van der Waals surface area contributed by atoms with E-state index in [-0.39, 0.29) is 5.78 Å². The Balaban J connectivity index is 1.59. The number of hydrogen-bond acceptors (Lipinski definition) is 3. The summed E-state index contributed by atoms with van der Waals surface area (Å²) in [6, 6.07) is 14.4. The minimum Gasteiger partial charge on any atom is -0.369 e. The number of para-hydroxylation sites is 1. The van der Waals surface area contributed by atoms with Crippen molar-refractivity contribution in [3.05, 3.63) is 64.8 Å². The van der Waals surface area contributed by atoms with E-state index in [0.717, 1.165) is 65.9 Å². The fourth-order valence-corrected chi connectivity index (χ4v) is 3.98. The molecule has 4 nitrogen and oxygen atoms in total. The van der Waals surface area contributed by atoms with Gasteiger partial charge in [0.15, 0.2) is 5.78 Å². The SMILES string of the molecule is O=C1c2ccc(N3CCNCC3)cc2Cc2[nH]c3ccccc3c21. The maximum Gasteiger partial charge on any atom is 0.195 e. The Bertz CT molecular complexity index is 951. The molecule has 2 aliphatic rings. The quantitative estimate of drug-likeness (QED) is 0.567. The standard InChI is InChI=1S/C20H19N3O/c24-20-15-6-5-14(23-9-7-21-8-10-23)11-13(15)12-18-19(20)16-3-1-2-4-17(16)22-18/h1-6,11,21-22H,7-10,12H2. The molecule has 0 amide bonds. The Morgan fingerprint density at radius 2 is 1.83 bits per heavy atom. The van der Waals surface area contributed by atoms with Crippen molar-refractivity contribution < 1.29 is 4.79 Å². The maximum absolute atomic E-state index is 13.0. The van der Waals surface area contributed by atoms with Gasteiger partial charge in [-0.2, -0.15) is 0 Å². The van der Waals surface area contributed by atoms with Gasteiger partial charge in [-0.1, -0.05) is 18.2 Å². The average Bonchev–Trinajstić information content (AvgIpc) is 3.00. The Hall–Kier alpha value is -2.59. The van der Waals surface area contributed by atoms with Gasteiger partial charge in [0, 0.05) is 60.4 Å². The summed E-state index contributed by atoms with van der Waals surface area (Å²) in [5.74, 6) is 0.149. The number of ketones is 1. The zero-order chi connectivity index (χ0) is 16.1. The lowest BCUT2D eigenvalue weighted by Crippen LogP contribution is -2.43. The molecule has 0 spiro atoms. The second-order valence-electron chi connectivity index (χ2n) is 6.61.